The number of rotatable bonds is 0. The summed E-state index contributed by atoms with van der Waals surface area (Å²) in [7, 11) is 0. The number of hydrogen-bond donors (Lipinski definition) is 3. The van der Waals surface area contributed by atoms with E-state index >= 15 is 0 Å². The lowest BCUT2D eigenvalue weighted by Gasteiger charge is -1.97. The Bertz CT molecular complexity index is 89.0. The Kier molecular flexibility index (Phi) is 4.88. The molecule has 1 aliphatic rings. The largest absolute Gasteiger partial charge is 0.372 e. The van der Waals surface area contributed by atoms with Crippen LogP contribution in [0.25, 0.3) is 0 Å². The maximum atomic E-state index is 8.58. The normalized spacial score (nSPS) is 30.6. The highest BCUT2D eigenvalue weighted by Gasteiger charge is 2.16. The van der Waals surface area contributed by atoms with E-state index in [0.717, 1.165) is 19.3 Å². The summed E-state index contributed by atoms with van der Waals surface area (Å²) in [5.74, 6) is 0. The van der Waals surface area contributed by atoms with Gasteiger partial charge < -0.3 is 17.2 Å². The van der Waals surface area contributed by atoms with E-state index in [1.54, 1.807) is 0 Å². The Morgan fingerprint density at radius 2 is 1.50 bits per heavy atom. The van der Waals surface area contributed by atoms with Gasteiger partial charge in [0.1, 0.15) is 0 Å². The van der Waals surface area contributed by atoms with Gasteiger partial charge in [-0.25, -0.2) is 0 Å². The fourth-order valence-electron chi connectivity index (χ4n) is 1.05. The smallest absolute Gasteiger partial charge is 0.204 e. The molecular weight excluding hydrogens is 130 g/mol. The molecule has 0 saturated heterocycles. The molecule has 0 aromatic carbocycles. The van der Waals surface area contributed by atoms with Gasteiger partial charge in [0.05, 0.1) is 0 Å². The Morgan fingerprint density at radius 1 is 1.20 bits per heavy atom. The van der Waals surface area contributed by atoms with E-state index in [-0.39, 0.29) is 6.41 Å². The van der Waals surface area contributed by atoms with Gasteiger partial charge in [-0.2, -0.15) is 0 Å². The van der Waals surface area contributed by atoms with Crippen LogP contribution in [0, 0.1) is 0 Å². The number of carbonyl (C=O) groups is 1. The van der Waals surface area contributed by atoms with Gasteiger partial charge in [-0.05, 0) is 19.3 Å². The molecule has 2 atom stereocenters. The van der Waals surface area contributed by atoms with Crippen molar-refractivity contribution in [1.82, 2.24) is 0 Å². The van der Waals surface area contributed by atoms with Gasteiger partial charge in [-0.1, -0.05) is 0 Å². The summed E-state index contributed by atoms with van der Waals surface area (Å²) in [6.45, 7) is 0. The van der Waals surface area contributed by atoms with Crippen molar-refractivity contribution in [3.8, 4) is 0 Å². The average Bonchev–Trinajstić information content (AvgIpc) is 2.17. The van der Waals surface area contributed by atoms with Crippen molar-refractivity contribution in [1.29, 1.82) is 0 Å². The first-order valence-corrected chi connectivity index (χ1v) is 3.37. The second kappa shape index (κ2) is 5.20. The first-order chi connectivity index (χ1) is 4.70. The van der Waals surface area contributed by atoms with Crippen molar-refractivity contribution in [3.05, 3.63) is 0 Å². The van der Waals surface area contributed by atoms with E-state index in [1.807, 2.05) is 0 Å². The van der Waals surface area contributed by atoms with E-state index in [4.69, 9.17) is 16.3 Å². The van der Waals surface area contributed by atoms with Crippen LogP contribution in [0.5, 0.6) is 0 Å². The number of hydrogen-bond acceptors (Lipinski definition) is 3. The molecule has 4 nitrogen and oxygen atoms in total. The van der Waals surface area contributed by atoms with Crippen molar-refractivity contribution >= 4 is 6.41 Å². The van der Waals surface area contributed by atoms with E-state index in [1.165, 1.54) is 0 Å². The summed E-state index contributed by atoms with van der Waals surface area (Å²) in [4.78, 5) is 8.58. The van der Waals surface area contributed by atoms with Crippen LogP contribution in [-0.4, -0.2) is 18.5 Å². The van der Waals surface area contributed by atoms with E-state index in [9.17, 15) is 0 Å². The molecule has 1 aliphatic carbocycles. The predicted molar refractivity (Wildman–Crippen MR) is 40.1 cm³/mol. The molecule has 1 saturated carbocycles. The second-order valence-corrected chi connectivity index (χ2v) is 2.47. The van der Waals surface area contributed by atoms with Crippen LogP contribution in [0.4, 0.5) is 0 Å². The summed E-state index contributed by atoms with van der Waals surface area (Å²) >= 11 is 0. The fraction of sp³-hybridized carbons (Fsp3) is 0.833. The molecule has 4 heteroatoms. The molecule has 1 amide bonds. The minimum atomic E-state index is 0.250. The minimum absolute atomic E-state index is 0.250. The number of carbonyl (C=O) groups excluding carboxylic acids is 1. The zero-order chi connectivity index (χ0) is 7.98. The molecule has 6 N–H and O–H groups in total. The lowest BCUT2D eigenvalue weighted by molar-refractivity contribution is -0.106. The summed E-state index contributed by atoms with van der Waals surface area (Å²) in [6, 6.07) is 0.796. The molecule has 60 valence electrons. The fourth-order valence-corrected chi connectivity index (χ4v) is 1.05. The van der Waals surface area contributed by atoms with E-state index in [0.29, 0.717) is 12.1 Å². The summed E-state index contributed by atoms with van der Waals surface area (Å²) in [6.07, 6.45) is 3.53. The van der Waals surface area contributed by atoms with Crippen LogP contribution in [0.1, 0.15) is 19.3 Å². The first-order valence-electron chi connectivity index (χ1n) is 3.37. The van der Waals surface area contributed by atoms with Crippen LogP contribution < -0.4 is 17.2 Å². The summed E-state index contributed by atoms with van der Waals surface area (Å²) in [5, 5.41) is 0. The van der Waals surface area contributed by atoms with Gasteiger partial charge in [0.25, 0.3) is 0 Å². The Balaban J connectivity index is 0.000000236. The molecule has 0 spiro atoms. The van der Waals surface area contributed by atoms with Gasteiger partial charge in [-0.3, -0.25) is 4.79 Å². The molecule has 1 rings (SSSR count). The SMILES string of the molecule is NC1CCC(N)C1.NC=O. The van der Waals surface area contributed by atoms with Gasteiger partial charge >= 0.3 is 0 Å². The van der Waals surface area contributed by atoms with Crippen molar-refractivity contribution in [2.75, 3.05) is 0 Å². The van der Waals surface area contributed by atoms with E-state index < -0.39 is 0 Å². The Hall–Kier alpha value is -0.610. The predicted octanol–water partition coefficient (Wildman–Crippen LogP) is -1.07. The number of amides is 1. The number of primary amides is 1. The molecular formula is C6H15N3O. The third-order valence-electron chi connectivity index (χ3n) is 1.51. The standard InChI is InChI=1S/C5H12N2.CH3NO/c6-4-1-2-5(7)3-4;2-1-3/h4-5H,1-3,6-7H2;1H,(H2,2,3). The third-order valence-corrected chi connectivity index (χ3v) is 1.51. The molecule has 0 heterocycles. The summed E-state index contributed by atoms with van der Waals surface area (Å²) in [5.41, 5.74) is 15.3. The molecule has 0 bridgehead atoms. The minimum Gasteiger partial charge on any atom is -0.372 e. The molecule has 0 aromatic rings. The topological polar surface area (TPSA) is 95.1 Å². The van der Waals surface area contributed by atoms with Gasteiger partial charge in [0, 0.05) is 12.1 Å². The monoisotopic (exact) mass is 145 g/mol. The molecule has 0 radical (unpaired) electrons. The highest BCUT2D eigenvalue weighted by atomic mass is 16.1. The molecule has 0 aliphatic heterocycles. The van der Waals surface area contributed by atoms with Crippen LogP contribution in [0.3, 0.4) is 0 Å². The second-order valence-electron chi connectivity index (χ2n) is 2.47. The van der Waals surface area contributed by atoms with Crippen molar-refractivity contribution in [2.45, 2.75) is 31.3 Å². The van der Waals surface area contributed by atoms with Crippen LogP contribution in [-0.2, 0) is 4.79 Å². The van der Waals surface area contributed by atoms with Crippen LogP contribution in [0.15, 0.2) is 0 Å². The highest BCUT2D eigenvalue weighted by molar-refractivity contribution is 5.42. The lowest BCUT2D eigenvalue weighted by Crippen LogP contribution is -2.20. The quantitative estimate of drug-likeness (QED) is 0.378. The maximum absolute atomic E-state index is 8.58. The van der Waals surface area contributed by atoms with Gasteiger partial charge in [0.15, 0.2) is 0 Å². The maximum Gasteiger partial charge on any atom is 0.204 e. The van der Waals surface area contributed by atoms with Gasteiger partial charge in [-0.15, -0.1) is 0 Å². The van der Waals surface area contributed by atoms with Crippen LogP contribution >= 0.6 is 0 Å². The average molecular weight is 145 g/mol. The first kappa shape index (κ1) is 9.39. The highest BCUT2D eigenvalue weighted by Crippen LogP contribution is 2.13. The van der Waals surface area contributed by atoms with Crippen molar-refractivity contribution < 1.29 is 4.79 Å². The zero-order valence-corrected chi connectivity index (χ0v) is 5.99. The Morgan fingerprint density at radius 3 is 1.60 bits per heavy atom. The molecule has 10 heavy (non-hydrogen) atoms. The van der Waals surface area contributed by atoms with E-state index in [2.05, 4.69) is 5.73 Å². The van der Waals surface area contributed by atoms with Crippen LogP contribution in [0.2, 0.25) is 0 Å². The van der Waals surface area contributed by atoms with Gasteiger partial charge in [0.2, 0.25) is 6.41 Å². The zero-order valence-electron chi connectivity index (χ0n) is 5.99. The summed E-state index contributed by atoms with van der Waals surface area (Å²) < 4.78 is 0. The number of nitrogens with two attached hydrogens (primary N) is 3. The van der Waals surface area contributed by atoms with Crippen molar-refractivity contribution in [3.63, 3.8) is 0 Å². The molecule has 0 aromatic heterocycles. The lowest BCUT2D eigenvalue weighted by atomic mass is 10.2. The molecule has 2 unspecified atom stereocenters. The third kappa shape index (κ3) is 4.29. The molecule has 1 fully saturated rings. The van der Waals surface area contributed by atoms with Crippen molar-refractivity contribution in [2.24, 2.45) is 17.2 Å². The Labute approximate surface area is 60.7 Å².